The minimum Gasteiger partial charge on any atom is -0.292 e. The zero-order valence-electron chi connectivity index (χ0n) is 11.2. The molecule has 2 fully saturated rings. The minimum absolute atomic E-state index is 0.0979. The second-order valence-electron chi connectivity index (χ2n) is 5.36. The van der Waals surface area contributed by atoms with E-state index in [9.17, 15) is 9.59 Å². The molecular formula is C15H17ClN2O2. The molecule has 2 aliphatic rings. The van der Waals surface area contributed by atoms with Crippen molar-refractivity contribution in [3.8, 4) is 0 Å². The highest BCUT2D eigenvalue weighted by molar-refractivity contribution is 6.30. The molecule has 0 aromatic heterocycles. The average molecular weight is 293 g/mol. The third kappa shape index (κ3) is 2.45. The fraction of sp³-hybridized carbons (Fsp3) is 0.467. The maximum Gasteiger partial charge on any atom is 0.251 e. The van der Waals surface area contributed by atoms with E-state index in [4.69, 9.17) is 11.6 Å². The van der Waals surface area contributed by atoms with Crippen LogP contribution < -0.4 is 4.90 Å². The number of carbonyl (C=O) groups is 2. The number of hydrogen-bond acceptors (Lipinski definition) is 3. The molecule has 1 aromatic carbocycles. The number of hydrogen-bond donors (Lipinski definition) is 0. The van der Waals surface area contributed by atoms with Crippen LogP contribution in [0.4, 0.5) is 5.69 Å². The number of carbonyl (C=O) groups excluding carboxylic acids is 2. The quantitative estimate of drug-likeness (QED) is 0.786. The van der Waals surface area contributed by atoms with Gasteiger partial charge in [0, 0.05) is 5.02 Å². The lowest BCUT2D eigenvalue weighted by atomic mass is 10.1. The molecule has 2 saturated heterocycles. The van der Waals surface area contributed by atoms with Crippen molar-refractivity contribution in [2.45, 2.75) is 31.7 Å². The molecule has 2 heterocycles. The van der Waals surface area contributed by atoms with Gasteiger partial charge in [0.15, 0.2) is 0 Å². The highest BCUT2D eigenvalue weighted by Gasteiger charge is 2.42. The van der Waals surface area contributed by atoms with Crippen molar-refractivity contribution >= 4 is 29.1 Å². The van der Waals surface area contributed by atoms with Gasteiger partial charge < -0.3 is 0 Å². The molecule has 0 radical (unpaired) electrons. The third-order valence-corrected chi connectivity index (χ3v) is 4.29. The number of amides is 2. The van der Waals surface area contributed by atoms with Gasteiger partial charge >= 0.3 is 0 Å². The molecule has 20 heavy (non-hydrogen) atoms. The predicted molar refractivity (Wildman–Crippen MR) is 77.8 cm³/mol. The molecule has 2 aliphatic heterocycles. The Kier molecular flexibility index (Phi) is 3.76. The molecular weight excluding hydrogens is 276 g/mol. The molecule has 0 spiro atoms. The van der Waals surface area contributed by atoms with Crippen LogP contribution in [0.5, 0.6) is 0 Å². The van der Waals surface area contributed by atoms with Gasteiger partial charge in [0.05, 0.1) is 18.2 Å². The van der Waals surface area contributed by atoms with Crippen molar-refractivity contribution in [3.05, 3.63) is 29.3 Å². The molecule has 3 rings (SSSR count). The average Bonchev–Trinajstić information content (AvgIpc) is 2.76. The third-order valence-electron chi connectivity index (χ3n) is 4.04. The Morgan fingerprint density at radius 1 is 1.00 bits per heavy atom. The number of benzene rings is 1. The van der Waals surface area contributed by atoms with Crippen LogP contribution in [0, 0.1) is 0 Å². The summed E-state index contributed by atoms with van der Waals surface area (Å²) >= 11 is 5.84. The number of imide groups is 1. The topological polar surface area (TPSA) is 40.6 Å². The van der Waals surface area contributed by atoms with Crippen molar-refractivity contribution in [3.63, 3.8) is 0 Å². The maximum atomic E-state index is 12.5. The second kappa shape index (κ2) is 5.54. The lowest BCUT2D eigenvalue weighted by Crippen LogP contribution is -2.44. The molecule has 0 N–H and O–H groups in total. The Balaban J connectivity index is 1.81. The van der Waals surface area contributed by atoms with E-state index in [-0.39, 0.29) is 17.9 Å². The summed E-state index contributed by atoms with van der Waals surface area (Å²) in [6.07, 6.45) is 3.73. The van der Waals surface area contributed by atoms with Gasteiger partial charge in [0.2, 0.25) is 5.91 Å². The molecule has 1 unspecified atom stereocenters. The van der Waals surface area contributed by atoms with Crippen LogP contribution in [0.1, 0.15) is 25.7 Å². The van der Waals surface area contributed by atoms with Gasteiger partial charge in [-0.15, -0.1) is 0 Å². The molecule has 4 nitrogen and oxygen atoms in total. The van der Waals surface area contributed by atoms with Crippen LogP contribution in [0.3, 0.4) is 0 Å². The molecule has 2 amide bonds. The van der Waals surface area contributed by atoms with Gasteiger partial charge in [0.1, 0.15) is 0 Å². The van der Waals surface area contributed by atoms with Gasteiger partial charge in [-0.2, -0.15) is 0 Å². The van der Waals surface area contributed by atoms with Crippen molar-refractivity contribution in [1.82, 2.24) is 4.90 Å². The van der Waals surface area contributed by atoms with E-state index in [1.165, 1.54) is 11.3 Å². The fourth-order valence-corrected chi connectivity index (χ4v) is 3.12. The minimum atomic E-state index is -0.279. The molecule has 0 aliphatic carbocycles. The monoisotopic (exact) mass is 292 g/mol. The summed E-state index contributed by atoms with van der Waals surface area (Å²) < 4.78 is 0. The molecule has 5 heteroatoms. The Hall–Kier alpha value is -1.39. The van der Waals surface area contributed by atoms with E-state index in [2.05, 4.69) is 4.90 Å². The molecule has 0 bridgehead atoms. The standard InChI is InChI=1S/C15H17ClN2O2/c16-11-4-6-12(7-5-11)18-14(19)10-13(15(18)20)17-8-2-1-3-9-17/h4-7,13H,1-3,8-10H2. The highest BCUT2D eigenvalue weighted by Crippen LogP contribution is 2.28. The van der Waals surface area contributed by atoms with Gasteiger partial charge in [0.25, 0.3) is 5.91 Å². The molecule has 106 valence electrons. The number of halogens is 1. The van der Waals surface area contributed by atoms with Crippen LogP contribution in [0.25, 0.3) is 0 Å². The second-order valence-corrected chi connectivity index (χ2v) is 5.80. The Bertz CT molecular complexity index is 523. The number of anilines is 1. The summed E-state index contributed by atoms with van der Waals surface area (Å²) in [5, 5.41) is 0.598. The SMILES string of the molecule is O=C1CC(N2CCCCC2)C(=O)N1c1ccc(Cl)cc1. The Morgan fingerprint density at radius 3 is 2.30 bits per heavy atom. The molecule has 0 saturated carbocycles. The van der Waals surface area contributed by atoms with Crippen molar-refractivity contribution < 1.29 is 9.59 Å². The largest absolute Gasteiger partial charge is 0.292 e. The van der Waals surface area contributed by atoms with Crippen LogP contribution in [-0.4, -0.2) is 35.8 Å². The first-order valence-corrected chi connectivity index (χ1v) is 7.41. The van der Waals surface area contributed by atoms with Crippen LogP contribution in [0.15, 0.2) is 24.3 Å². The lowest BCUT2D eigenvalue weighted by molar-refractivity contribution is -0.123. The van der Waals surface area contributed by atoms with Crippen LogP contribution >= 0.6 is 11.6 Å². The van der Waals surface area contributed by atoms with E-state index in [0.29, 0.717) is 17.1 Å². The van der Waals surface area contributed by atoms with Crippen molar-refractivity contribution in [2.24, 2.45) is 0 Å². The summed E-state index contributed by atoms with van der Waals surface area (Å²) in [5.74, 6) is -0.216. The smallest absolute Gasteiger partial charge is 0.251 e. The van der Waals surface area contributed by atoms with Gasteiger partial charge in [-0.3, -0.25) is 14.5 Å². The van der Waals surface area contributed by atoms with Crippen LogP contribution in [0.2, 0.25) is 5.02 Å². The lowest BCUT2D eigenvalue weighted by Gasteiger charge is -2.30. The van der Waals surface area contributed by atoms with Crippen molar-refractivity contribution in [2.75, 3.05) is 18.0 Å². The Labute approximate surface area is 123 Å². The predicted octanol–water partition coefficient (Wildman–Crippen LogP) is 2.46. The van der Waals surface area contributed by atoms with E-state index in [1.54, 1.807) is 24.3 Å². The van der Waals surface area contributed by atoms with Gasteiger partial charge in [-0.05, 0) is 50.2 Å². The van der Waals surface area contributed by atoms with E-state index in [1.807, 2.05) is 0 Å². The highest BCUT2D eigenvalue weighted by atomic mass is 35.5. The first-order valence-electron chi connectivity index (χ1n) is 7.03. The molecule has 1 atom stereocenters. The first kappa shape index (κ1) is 13.6. The molecule has 1 aromatic rings. The summed E-state index contributed by atoms with van der Waals surface area (Å²) in [6, 6.07) is 6.56. The zero-order chi connectivity index (χ0) is 14.1. The Morgan fingerprint density at radius 2 is 1.65 bits per heavy atom. The number of likely N-dealkylation sites (tertiary alicyclic amines) is 1. The summed E-state index contributed by atoms with van der Waals surface area (Å²) in [4.78, 5) is 28.2. The maximum absolute atomic E-state index is 12.5. The normalized spacial score (nSPS) is 24.4. The van der Waals surface area contributed by atoms with Gasteiger partial charge in [-0.25, -0.2) is 4.90 Å². The van der Waals surface area contributed by atoms with Crippen molar-refractivity contribution in [1.29, 1.82) is 0 Å². The summed E-state index contributed by atoms with van der Waals surface area (Å²) in [6.45, 7) is 1.83. The van der Waals surface area contributed by atoms with E-state index >= 15 is 0 Å². The van der Waals surface area contributed by atoms with Crippen LogP contribution in [-0.2, 0) is 9.59 Å². The summed E-state index contributed by atoms with van der Waals surface area (Å²) in [5.41, 5.74) is 0.615. The fourth-order valence-electron chi connectivity index (χ4n) is 2.99. The zero-order valence-corrected chi connectivity index (χ0v) is 12.0. The van der Waals surface area contributed by atoms with Gasteiger partial charge in [-0.1, -0.05) is 18.0 Å². The van der Waals surface area contributed by atoms with E-state index < -0.39 is 0 Å². The summed E-state index contributed by atoms with van der Waals surface area (Å²) in [7, 11) is 0. The van der Waals surface area contributed by atoms with E-state index in [0.717, 1.165) is 25.9 Å². The number of nitrogens with zero attached hydrogens (tertiary/aromatic N) is 2. The first-order chi connectivity index (χ1) is 9.66. The number of piperidine rings is 1. The number of rotatable bonds is 2.